The molecular formula is C20H22O4S. The van der Waals surface area contributed by atoms with Crippen LogP contribution in [-0.2, 0) is 15.5 Å². The zero-order valence-electron chi connectivity index (χ0n) is 14.2. The largest absolute Gasteiger partial charge is 0.490 e. The van der Waals surface area contributed by atoms with Gasteiger partial charge in [-0.15, -0.1) is 11.8 Å². The van der Waals surface area contributed by atoms with Gasteiger partial charge in [0, 0.05) is 18.4 Å². The lowest BCUT2D eigenvalue weighted by Gasteiger charge is -2.17. The number of hydrogen-bond donors (Lipinski definition) is 1. The van der Waals surface area contributed by atoms with Crippen LogP contribution in [0.4, 0.5) is 0 Å². The average molecular weight is 358 g/mol. The number of para-hydroxylation sites is 1. The molecule has 0 saturated heterocycles. The Bertz CT molecular complexity index is 734. The highest BCUT2D eigenvalue weighted by Gasteiger charge is 2.14. The molecule has 0 aromatic heterocycles. The van der Waals surface area contributed by atoms with Gasteiger partial charge < -0.3 is 4.74 Å². The Hall–Kier alpha value is -2.13. The first-order chi connectivity index (χ1) is 12.2. The minimum absolute atomic E-state index is 0.184. The Balaban J connectivity index is 2.05. The molecule has 132 valence electrons. The Morgan fingerprint density at radius 1 is 1.08 bits per heavy atom. The molecule has 2 unspecified atom stereocenters. The van der Waals surface area contributed by atoms with Crippen LogP contribution in [0.3, 0.4) is 0 Å². The van der Waals surface area contributed by atoms with E-state index in [-0.39, 0.29) is 6.61 Å². The Morgan fingerprint density at radius 3 is 2.52 bits per heavy atom. The summed E-state index contributed by atoms with van der Waals surface area (Å²) in [6.07, 6.45) is 1.42. The molecular weight excluding hydrogens is 336 g/mol. The Kier molecular flexibility index (Phi) is 8.20. The first kappa shape index (κ1) is 19.2. The van der Waals surface area contributed by atoms with Gasteiger partial charge >= 0.3 is 11.4 Å². The van der Waals surface area contributed by atoms with Gasteiger partial charge in [0.25, 0.3) is 0 Å². The van der Waals surface area contributed by atoms with E-state index in [4.69, 9.17) is 13.5 Å². The maximum absolute atomic E-state index is 11.0. The summed E-state index contributed by atoms with van der Waals surface area (Å²) < 4.78 is 30.9. The van der Waals surface area contributed by atoms with Crippen LogP contribution in [0, 0.1) is 11.8 Å². The highest BCUT2D eigenvalue weighted by Crippen LogP contribution is 2.29. The lowest BCUT2D eigenvalue weighted by atomic mass is 10.0. The molecule has 2 aromatic rings. The van der Waals surface area contributed by atoms with Gasteiger partial charge in [-0.3, -0.25) is 8.74 Å². The molecule has 0 radical (unpaired) electrons. The van der Waals surface area contributed by atoms with E-state index in [1.807, 2.05) is 61.5 Å². The molecule has 0 fully saturated rings. The van der Waals surface area contributed by atoms with Crippen molar-refractivity contribution in [3.8, 4) is 28.7 Å². The molecule has 25 heavy (non-hydrogen) atoms. The standard InChI is InChI=1S/C20H22O4S/c1-2-3-4-8-13-18(24-25(21)22)16-23-20-15-10-9-14-19(20)17-11-6-5-7-12-17/h5-7,9-12,14-15,18H,2,8,13,16H2,1H3,(H,21,22). The summed E-state index contributed by atoms with van der Waals surface area (Å²) in [6.45, 7) is 2.16. The molecule has 0 aliphatic rings. The van der Waals surface area contributed by atoms with Gasteiger partial charge in [-0.25, -0.2) is 0 Å². The topological polar surface area (TPSA) is 55.8 Å². The normalized spacial score (nSPS) is 12.7. The monoisotopic (exact) mass is 358 g/mol. The minimum atomic E-state index is -2.33. The van der Waals surface area contributed by atoms with E-state index in [2.05, 4.69) is 11.8 Å². The number of hydrogen-bond acceptors (Lipinski definition) is 3. The number of rotatable bonds is 8. The second-order valence-electron chi connectivity index (χ2n) is 5.35. The highest BCUT2D eigenvalue weighted by atomic mass is 32.2. The minimum Gasteiger partial charge on any atom is -0.490 e. The van der Waals surface area contributed by atoms with Gasteiger partial charge in [0.2, 0.25) is 0 Å². The van der Waals surface area contributed by atoms with Crippen LogP contribution in [0.15, 0.2) is 54.6 Å². The van der Waals surface area contributed by atoms with Crippen molar-refractivity contribution in [1.82, 2.24) is 0 Å². The van der Waals surface area contributed by atoms with Gasteiger partial charge in [-0.05, 0) is 18.1 Å². The van der Waals surface area contributed by atoms with Gasteiger partial charge in [0.05, 0.1) is 0 Å². The molecule has 4 nitrogen and oxygen atoms in total. The maximum atomic E-state index is 11.0. The van der Waals surface area contributed by atoms with E-state index in [0.29, 0.717) is 18.6 Å². The summed E-state index contributed by atoms with van der Waals surface area (Å²) in [4.78, 5) is 0. The van der Waals surface area contributed by atoms with Crippen molar-refractivity contribution in [2.75, 3.05) is 6.61 Å². The Morgan fingerprint density at radius 2 is 1.80 bits per heavy atom. The van der Waals surface area contributed by atoms with Crippen molar-refractivity contribution < 1.29 is 17.7 Å². The zero-order chi connectivity index (χ0) is 17.9. The van der Waals surface area contributed by atoms with Gasteiger partial charge in [0.15, 0.2) is 0 Å². The fourth-order valence-corrected chi connectivity index (χ4v) is 2.74. The van der Waals surface area contributed by atoms with Crippen LogP contribution < -0.4 is 4.74 Å². The van der Waals surface area contributed by atoms with E-state index in [1.165, 1.54) is 0 Å². The van der Waals surface area contributed by atoms with Crippen molar-refractivity contribution in [3.63, 3.8) is 0 Å². The smallest absolute Gasteiger partial charge is 0.302 e. The molecule has 2 rings (SSSR count). The Labute approximate surface area is 151 Å². The summed E-state index contributed by atoms with van der Waals surface area (Å²) in [5, 5.41) is 0. The van der Waals surface area contributed by atoms with E-state index < -0.39 is 17.5 Å². The number of ether oxygens (including phenoxy) is 1. The van der Waals surface area contributed by atoms with E-state index in [1.54, 1.807) is 0 Å². The van der Waals surface area contributed by atoms with Crippen molar-refractivity contribution >= 4 is 11.4 Å². The molecule has 0 saturated carbocycles. The first-order valence-electron chi connectivity index (χ1n) is 8.21. The third kappa shape index (κ3) is 6.71. The predicted octanol–water partition coefficient (Wildman–Crippen LogP) is 4.45. The molecule has 0 aliphatic carbocycles. The second kappa shape index (κ2) is 10.7. The SMILES string of the molecule is CCC#CCCC(COc1ccccc1-c1ccccc1)OS(=O)O. The zero-order valence-corrected chi connectivity index (χ0v) is 15.0. The maximum Gasteiger partial charge on any atom is 0.302 e. The van der Waals surface area contributed by atoms with Crippen molar-refractivity contribution in [3.05, 3.63) is 54.6 Å². The fraction of sp³-hybridized carbons (Fsp3) is 0.300. The summed E-state index contributed by atoms with van der Waals surface area (Å²) in [7, 11) is 0. The van der Waals surface area contributed by atoms with Gasteiger partial charge in [-0.1, -0.05) is 55.5 Å². The molecule has 0 spiro atoms. The summed E-state index contributed by atoms with van der Waals surface area (Å²) in [5.74, 6) is 6.70. The van der Waals surface area contributed by atoms with Crippen LogP contribution in [0.5, 0.6) is 5.75 Å². The average Bonchev–Trinajstić information content (AvgIpc) is 2.63. The first-order valence-corrected chi connectivity index (χ1v) is 9.24. The van der Waals surface area contributed by atoms with Gasteiger partial charge in [-0.2, -0.15) is 4.21 Å². The lowest BCUT2D eigenvalue weighted by molar-refractivity contribution is 0.126. The van der Waals surface area contributed by atoms with Crippen LogP contribution in [0.2, 0.25) is 0 Å². The van der Waals surface area contributed by atoms with Crippen LogP contribution in [-0.4, -0.2) is 21.5 Å². The fourth-order valence-electron chi connectivity index (χ4n) is 2.35. The van der Waals surface area contributed by atoms with E-state index in [9.17, 15) is 4.21 Å². The molecule has 5 heteroatoms. The molecule has 0 aliphatic heterocycles. The molecule has 2 aromatic carbocycles. The van der Waals surface area contributed by atoms with Crippen molar-refractivity contribution in [1.29, 1.82) is 0 Å². The molecule has 0 heterocycles. The highest BCUT2D eigenvalue weighted by molar-refractivity contribution is 7.74. The van der Waals surface area contributed by atoms with Crippen LogP contribution in [0.1, 0.15) is 26.2 Å². The predicted molar refractivity (Wildman–Crippen MR) is 100 cm³/mol. The quantitative estimate of drug-likeness (QED) is 0.560. The molecule has 1 N–H and O–H groups in total. The van der Waals surface area contributed by atoms with E-state index >= 15 is 0 Å². The van der Waals surface area contributed by atoms with Crippen LogP contribution in [0.25, 0.3) is 11.1 Å². The molecule has 0 bridgehead atoms. The summed E-state index contributed by atoms with van der Waals surface area (Å²) in [5.41, 5.74) is 2.02. The second-order valence-corrected chi connectivity index (χ2v) is 5.98. The van der Waals surface area contributed by atoms with Crippen molar-refractivity contribution in [2.24, 2.45) is 0 Å². The summed E-state index contributed by atoms with van der Waals surface area (Å²) >= 11 is -2.33. The third-order valence-electron chi connectivity index (χ3n) is 3.51. The van der Waals surface area contributed by atoms with Gasteiger partial charge in [0.1, 0.15) is 18.5 Å². The lowest BCUT2D eigenvalue weighted by Crippen LogP contribution is -2.22. The molecule has 0 amide bonds. The van der Waals surface area contributed by atoms with Crippen molar-refractivity contribution in [2.45, 2.75) is 32.3 Å². The summed E-state index contributed by atoms with van der Waals surface area (Å²) in [6, 6.07) is 17.6. The number of benzene rings is 2. The van der Waals surface area contributed by atoms with Crippen LogP contribution >= 0.6 is 0 Å². The van der Waals surface area contributed by atoms with E-state index in [0.717, 1.165) is 17.5 Å². The molecule has 2 atom stereocenters. The third-order valence-corrected chi connectivity index (χ3v) is 3.94.